The molecule has 1 aliphatic heterocycles. The minimum Gasteiger partial charge on any atom is -0.369 e. The molecular weight excluding hydrogens is 336 g/mol. The first kappa shape index (κ1) is 18.0. The van der Waals surface area contributed by atoms with Crippen molar-refractivity contribution < 1.29 is 4.79 Å². The molecule has 1 aliphatic carbocycles. The molecule has 142 valence electrons. The van der Waals surface area contributed by atoms with E-state index >= 15 is 0 Å². The van der Waals surface area contributed by atoms with Crippen LogP contribution in [0.5, 0.6) is 0 Å². The highest BCUT2D eigenvalue weighted by atomic mass is 16.2. The van der Waals surface area contributed by atoms with Gasteiger partial charge in [0.2, 0.25) is 5.91 Å². The van der Waals surface area contributed by atoms with Crippen LogP contribution in [-0.2, 0) is 11.2 Å². The average Bonchev–Trinajstić information content (AvgIpc) is 3.17. The Bertz CT molecular complexity index is 730. The maximum absolute atomic E-state index is 13.1. The van der Waals surface area contributed by atoms with E-state index < -0.39 is 0 Å². The number of amides is 1. The standard InChI is InChI=1S/C22H28N4O/c27-22(19-6-4-5-7-19)26-13-12-25(21-8-2-1-3-9-21)16-18(17-26)14-20-15-23-10-11-24-20/h1-3,8-11,15,18-19H,4-7,12-14,16-17H2/t18-/m0/s1. The third kappa shape index (κ3) is 4.46. The van der Waals surface area contributed by atoms with Crippen molar-refractivity contribution in [2.75, 3.05) is 31.1 Å². The molecule has 0 N–H and O–H groups in total. The van der Waals surface area contributed by atoms with Crippen LogP contribution in [0.4, 0.5) is 5.69 Å². The van der Waals surface area contributed by atoms with E-state index in [1.165, 1.54) is 18.5 Å². The van der Waals surface area contributed by atoms with Gasteiger partial charge >= 0.3 is 0 Å². The van der Waals surface area contributed by atoms with Gasteiger partial charge in [0, 0.05) is 56.4 Å². The fraction of sp³-hybridized carbons (Fsp3) is 0.500. The maximum Gasteiger partial charge on any atom is 0.225 e. The summed E-state index contributed by atoms with van der Waals surface area (Å²) in [5.41, 5.74) is 2.24. The summed E-state index contributed by atoms with van der Waals surface area (Å²) in [5, 5.41) is 0. The molecule has 0 spiro atoms. The Kier molecular flexibility index (Phi) is 5.66. The third-order valence-corrected chi connectivity index (χ3v) is 5.85. The number of hydrogen-bond donors (Lipinski definition) is 0. The maximum atomic E-state index is 13.1. The number of anilines is 1. The Balaban J connectivity index is 1.52. The molecule has 5 nitrogen and oxygen atoms in total. The third-order valence-electron chi connectivity index (χ3n) is 5.85. The predicted octanol–water partition coefficient (Wildman–Crippen LogP) is 3.17. The van der Waals surface area contributed by atoms with Crippen molar-refractivity contribution in [1.82, 2.24) is 14.9 Å². The van der Waals surface area contributed by atoms with Gasteiger partial charge in [0.05, 0.1) is 5.69 Å². The SMILES string of the molecule is O=C(C1CCCC1)N1CCN(c2ccccc2)C[C@H](Cc2cnccn2)C1. The van der Waals surface area contributed by atoms with E-state index in [0.717, 1.165) is 51.1 Å². The van der Waals surface area contributed by atoms with E-state index in [9.17, 15) is 4.79 Å². The Labute approximate surface area is 161 Å². The van der Waals surface area contributed by atoms with Gasteiger partial charge in [-0.15, -0.1) is 0 Å². The van der Waals surface area contributed by atoms with E-state index in [1.54, 1.807) is 12.4 Å². The average molecular weight is 364 g/mol. The van der Waals surface area contributed by atoms with E-state index in [-0.39, 0.29) is 5.92 Å². The van der Waals surface area contributed by atoms with Crippen molar-refractivity contribution in [2.45, 2.75) is 32.1 Å². The van der Waals surface area contributed by atoms with Crippen LogP contribution in [0.1, 0.15) is 31.4 Å². The number of hydrogen-bond acceptors (Lipinski definition) is 4. The highest BCUT2D eigenvalue weighted by Gasteiger charge is 2.31. The lowest BCUT2D eigenvalue weighted by atomic mass is 10.0. The minimum absolute atomic E-state index is 0.241. The molecule has 1 aromatic carbocycles. The van der Waals surface area contributed by atoms with Gasteiger partial charge in [-0.05, 0) is 37.3 Å². The van der Waals surface area contributed by atoms with Crippen molar-refractivity contribution in [3.8, 4) is 0 Å². The number of benzene rings is 1. The summed E-state index contributed by atoms with van der Waals surface area (Å²) in [5.74, 6) is 0.965. The second-order valence-electron chi connectivity index (χ2n) is 7.81. The number of rotatable bonds is 4. The molecule has 2 aromatic rings. The Hall–Kier alpha value is -2.43. The lowest BCUT2D eigenvalue weighted by molar-refractivity contribution is -0.135. The quantitative estimate of drug-likeness (QED) is 0.836. The van der Waals surface area contributed by atoms with Crippen LogP contribution in [0.2, 0.25) is 0 Å². The summed E-state index contributed by atoms with van der Waals surface area (Å²) < 4.78 is 0. The summed E-state index contributed by atoms with van der Waals surface area (Å²) in [6.07, 6.45) is 10.7. The number of aromatic nitrogens is 2. The molecule has 27 heavy (non-hydrogen) atoms. The summed E-state index contributed by atoms with van der Waals surface area (Å²) in [4.78, 5) is 26.3. The zero-order chi connectivity index (χ0) is 18.5. The first-order valence-electron chi connectivity index (χ1n) is 10.1. The Morgan fingerprint density at radius 2 is 1.85 bits per heavy atom. The first-order chi connectivity index (χ1) is 13.3. The molecule has 1 atom stereocenters. The van der Waals surface area contributed by atoms with Gasteiger partial charge in [0.15, 0.2) is 0 Å². The lowest BCUT2D eigenvalue weighted by Crippen LogP contribution is -2.39. The number of carbonyl (C=O) groups excluding carboxylic acids is 1. The summed E-state index contributed by atoms with van der Waals surface area (Å²) >= 11 is 0. The molecule has 0 radical (unpaired) electrons. The molecule has 1 amide bonds. The lowest BCUT2D eigenvalue weighted by Gasteiger charge is -2.26. The van der Waals surface area contributed by atoms with Crippen LogP contribution < -0.4 is 4.90 Å². The second kappa shape index (κ2) is 8.51. The highest BCUT2D eigenvalue weighted by molar-refractivity contribution is 5.79. The summed E-state index contributed by atoms with van der Waals surface area (Å²) in [6.45, 7) is 3.45. The monoisotopic (exact) mass is 364 g/mol. The smallest absolute Gasteiger partial charge is 0.225 e. The molecule has 0 unspecified atom stereocenters. The summed E-state index contributed by atoms with van der Waals surface area (Å²) in [6, 6.07) is 10.5. The normalized spacial score (nSPS) is 21.3. The number of carbonyl (C=O) groups is 1. The van der Waals surface area contributed by atoms with Gasteiger partial charge in [0.1, 0.15) is 0 Å². The van der Waals surface area contributed by atoms with Gasteiger partial charge < -0.3 is 9.80 Å². The van der Waals surface area contributed by atoms with Gasteiger partial charge in [0.25, 0.3) is 0 Å². The molecular formula is C22H28N4O. The minimum atomic E-state index is 0.241. The molecule has 2 fully saturated rings. The molecule has 1 saturated carbocycles. The van der Waals surface area contributed by atoms with Gasteiger partial charge in [-0.2, -0.15) is 0 Å². The molecule has 2 aliphatic rings. The van der Waals surface area contributed by atoms with Crippen molar-refractivity contribution in [3.63, 3.8) is 0 Å². The van der Waals surface area contributed by atoms with Gasteiger partial charge in [-0.25, -0.2) is 0 Å². The van der Waals surface area contributed by atoms with Crippen LogP contribution in [-0.4, -0.2) is 47.0 Å². The molecule has 4 rings (SSSR count). The molecule has 0 bridgehead atoms. The van der Waals surface area contributed by atoms with Crippen molar-refractivity contribution in [2.24, 2.45) is 11.8 Å². The number of nitrogens with zero attached hydrogens (tertiary/aromatic N) is 4. The zero-order valence-corrected chi connectivity index (χ0v) is 15.8. The second-order valence-corrected chi connectivity index (χ2v) is 7.81. The summed E-state index contributed by atoms with van der Waals surface area (Å²) in [7, 11) is 0. The van der Waals surface area contributed by atoms with Crippen molar-refractivity contribution in [1.29, 1.82) is 0 Å². The van der Waals surface area contributed by atoms with Crippen molar-refractivity contribution >= 4 is 11.6 Å². The number of para-hydroxylation sites is 1. The Morgan fingerprint density at radius 1 is 1.04 bits per heavy atom. The predicted molar refractivity (Wildman–Crippen MR) is 106 cm³/mol. The van der Waals surface area contributed by atoms with E-state index in [4.69, 9.17) is 0 Å². The van der Waals surface area contributed by atoms with Gasteiger partial charge in [-0.1, -0.05) is 31.0 Å². The van der Waals surface area contributed by atoms with E-state index in [0.29, 0.717) is 11.8 Å². The fourth-order valence-electron chi connectivity index (χ4n) is 4.47. The molecule has 2 heterocycles. The van der Waals surface area contributed by atoms with Crippen molar-refractivity contribution in [3.05, 3.63) is 54.6 Å². The fourth-order valence-corrected chi connectivity index (χ4v) is 4.47. The zero-order valence-electron chi connectivity index (χ0n) is 15.8. The molecule has 1 aromatic heterocycles. The van der Waals surface area contributed by atoms with E-state index in [2.05, 4.69) is 44.0 Å². The highest BCUT2D eigenvalue weighted by Crippen LogP contribution is 2.28. The topological polar surface area (TPSA) is 49.3 Å². The Morgan fingerprint density at radius 3 is 2.59 bits per heavy atom. The van der Waals surface area contributed by atoms with Crippen LogP contribution in [0.3, 0.4) is 0 Å². The molecule has 1 saturated heterocycles. The van der Waals surface area contributed by atoms with Crippen LogP contribution in [0.15, 0.2) is 48.9 Å². The largest absolute Gasteiger partial charge is 0.369 e. The molecule has 5 heteroatoms. The van der Waals surface area contributed by atoms with E-state index in [1.807, 2.05) is 12.3 Å². The van der Waals surface area contributed by atoms with Crippen LogP contribution >= 0.6 is 0 Å². The van der Waals surface area contributed by atoms with Crippen LogP contribution in [0, 0.1) is 11.8 Å². The first-order valence-corrected chi connectivity index (χ1v) is 10.1. The van der Waals surface area contributed by atoms with Crippen LogP contribution in [0.25, 0.3) is 0 Å². The van der Waals surface area contributed by atoms with Gasteiger partial charge in [-0.3, -0.25) is 14.8 Å².